The van der Waals surface area contributed by atoms with Gasteiger partial charge in [-0.3, -0.25) is 4.79 Å². The van der Waals surface area contributed by atoms with Gasteiger partial charge < -0.3 is 0 Å². The summed E-state index contributed by atoms with van der Waals surface area (Å²) in [5.74, 6) is -0.379. The normalized spacial score (nSPS) is 11.8. The van der Waals surface area contributed by atoms with Crippen molar-refractivity contribution in [1.82, 2.24) is 9.71 Å². The third-order valence-corrected chi connectivity index (χ3v) is 4.90. The Balaban J connectivity index is 2.86. The zero-order valence-corrected chi connectivity index (χ0v) is 11.9. The zero-order valence-electron chi connectivity index (χ0n) is 10.3. The largest absolute Gasteiger partial charge is 0.291 e. The number of sulfonamides is 1. The Labute approximate surface area is 105 Å². The van der Waals surface area contributed by atoms with Gasteiger partial charge in [0.2, 0.25) is 10.2 Å². The highest BCUT2D eigenvalue weighted by molar-refractivity contribution is 7.92. The fourth-order valence-corrected chi connectivity index (χ4v) is 3.47. The van der Waals surface area contributed by atoms with Crippen molar-refractivity contribution in [2.45, 2.75) is 38.5 Å². The molecular weight excluding hydrogens is 260 g/mol. The Kier molecular flexibility index (Phi) is 4.26. The van der Waals surface area contributed by atoms with E-state index in [1.807, 2.05) is 18.6 Å². The number of nitrogens with one attached hydrogen (secondary N) is 1. The van der Waals surface area contributed by atoms with E-state index in [1.54, 1.807) is 13.8 Å². The molecule has 1 amide bonds. The smallest absolute Gasteiger partial charge is 0.274 e. The summed E-state index contributed by atoms with van der Waals surface area (Å²) in [6.45, 7) is 7.23. The van der Waals surface area contributed by atoms with Crippen LogP contribution in [-0.2, 0) is 14.8 Å². The summed E-state index contributed by atoms with van der Waals surface area (Å²) in [7, 11) is -3.80. The maximum absolute atomic E-state index is 11.8. The molecule has 0 spiro atoms. The second-order valence-electron chi connectivity index (χ2n) is 4.25. The number of rotatable bonds is 4. The molecule has 1 heterocycles. The molecule has 1 rings (SSSR count). The van der Waals surface area contributed by atoms with Crippen molar-refractivity contribution in [2.24, 2.45) is 5.92 Å². The van der Waals surface area contributed by atoms with E-state index in [-0.39, 0.29) is 16.7 Å². The van der Waals surface area contributed by atoms with E-state index in [9.17, 15) is 13.2 Å². The quantitative estimate of drug-likeness (QED) is 0.906. The summed E-state index contributed by atoms with van der Waals surface area (Å²) >= 11 is 1.07. The molecule has 0 aliphatic carbocycles. The van der Waals surface area contributed by atoms with Crippen LogP contribution in [0.5, 0.6) is 0 Å². The molecule has 0 fully saturated rings. The lowest BCUT2D eigenvalue weighted by Crippen LogP contribution is -2.31. The molecule has 0 saturated heterocycles. The first kappa shape index (κ1) is 14.1. The number of hydrogen-bond donors (Lipinski definition) is 1. The molecule has 0 unspecified atom stereocenters. The Morgan fingerprint density at radius 3 is 2.41 bits per heavy atom. The van der Waals surface area contributed by atoms with Crippen LogP contribution < -0.4 is 4.72 Å². The molecule has 0 aromatic carbocycles. The first-order chi connectivity index (χ1) is 7.72. The van der Waals surface area contributed by atoms with Gasteiger partial charge in [0.1, 0.15) is 0 Å². The molecule has 5 nitrogen and oxygen atoms in total. The highest BCUT2D eigenvalue weighted by Gasteiger charge is 2.22. The van der Waals surface area contributed by atoms with Crippen LogP contribution in [0.3, 0.4) is 0 Å². The second-order valence-corrected chi connectivity index (χ2v) is 7.31. The zero-order chi connectivity index (χ0) is 13.2. The molecule has 1 aromatic heterocycles. The van der Waals surface area contributed by atoms with Crippen LogP contribution in [-0.4, -0.2) is 19.3 Å². The highest BCUT2D eigenvalue weighted by Crippen LogP contribution is 2.20. The highest BCUT2D eigenvalue weighted by atomic mass is 32.2. The van der Waals surface area contributed by atoms with E-state index >= 15 is 0 Å². The Morgan fingerprint density at radius 1 is 1.41 bits per heavy atom. The molecule has 0 aliphatic rings. The van der Waals surface area contributed by atoms with Gasteiger partial charge in [-0.25, -0.2) is 9.71 Å². The molecule has 0 radical (unpaired) electrons. The minimum atomic E-state index is -3.80. The van der Waals surface area contributed by atoms with Crippen LogP contribution >= 0.6 is 11.3 Å². The van der Waals surface area contributed by atoms with Crippen LogP contribution in [0.15, 0.2) is 4.34 Å². The SMILES string of the molecule is Cc1nc(S(=O)(=O)NC(=O)CC(C)C)sc1C. The van der Waals surface area contributed by atoms with Crippen LogP contribution in [0, 0.1) is 19.8 Å². The number of amides is 1. The van der Waals surface area contributed by atoms with E-state index in [4.69, 9.17) is 0 Å². The molecule has 0 bridgehead atoms. The van der Waals surface area contributed by atoms with E-state index < -0.39 is 15.9 Å². The molecular formula is C10H16N2O3S2. The Bertz CT molecular complexity index is 498. The van der Waals surface area contributed by atoms with E-state index in [2.05, 4.69) is 4.98 Å². The number of carbonyl (C=O) groups is 1. The van der Waals surface area contributed by atoms with Crippen LogP contribution in [0.2, 0.25) is 0 Å². The van der Waals surface area contributed by atoms with E-state index in [0.717, 1.165) is 16.2 Å². The summed E-state index contributed by atoms with van der Waals surface area (Å²) < 4.78 is 25.6. The maximum Gasteiger partial charge on any atom is 0.291 e. The standard InChI is InChI=1S/C10H16N2O3S2/c1-6(2)5-9(13)12-17(14,15)10-11-7(3)8(4)16-10/h6H,5H2,1-4H3,(H,12,13). The number of nitrogens with zero attached hydrogens (tertiary/aromatic N) is 1. The van der Waals surface area contributed by atoms with Gasteiger partial charge in [0, 0.05) is 11.3 Å². The van der Waals surface area contributed by atoms with Crippen molar-refractivity contribution >= 4 is 27.3 Å². The Hall–Kier alpha value is -0.950. The molecule has 17 heavy (non-hydrogen) atoms. The van der Waals surface area contributed by atoms with Gasteiger partial charge in [0.05, 0.1) is 5.69 Å². The average molecular weight is 276 g/mol. The number of aromatic nitrogens is 1. The van der Waals surface area contributed by atoms with Crippen molar-refractivity contribution in [3.05, 3.63) is 10.6 Å². The summed E-state index contributed by atoms with van der Waals surface area (Å²) in [5.41, 5.74) is 0.673. The van der Waals surface area contributed by atoms with Gasteiger partial charge >= 0.3 is 0 Å². The molecule has 0 atom stereocenters. The van der Waals surface area contributed by atoms with E-state index in [0.29, 0.717) is 5.69 Å². The van der Waals surface area contributed by atoms with Crippen molar-refractivity contribution < 1.29 is 13.2 Å². The predicted molar refractivity (Wildman–Crippen MR) is 66.4 cm³/mol. The summed E-state index contributed by atoms with van der Waals surface area (Å²) in [6.07, 6.45) is 0.183. The number of hydrogen-bond acceptors (Lipinski definition) is 5. The van der Waals surface area contributed by atoms with Crippen LogP contribution in [0.25, 0.3) is 0 Å². The van der Waals surface area contributed by atoms with Gasteiger partial charge in [0.25, 0.3) is 10.0 Å². The fraction of sp³-hybridized carbons (Fsp3) is 0.600. The lowest BCUT2D eigenvalue weighted by atomic mass is 10.1. The third kappa shape index (κ3) is 3.78. The van der Waals surface area contributed by atoms with Crippen molar-refractivity contribution in [2.75, 3.05) is 0 Å². The molecule has 96 valence electrons. The second kappa shape index (κ2) is 5.14. The minimum absolute atomic E-state index is 0.0513. The lowest BCUT2D eigenvalue weighted by Gasteiger charge is -2.05. The minimum Gasteiger partial charge on any atom is -0.274 e. The van der Waals surface area contributed by atoms with Crippen molar-refractivity contribution in [1.29, 1.82) is 0 Å². The van der Waals surface area contributed by atoms with Gasteiger partial charge in [-0.05, 0) is 19.8 Å². The monoisotopic (exact) mass is 276 g/mol. The Morgan fingerprint density at radius 2 is 2.00 bits per heavy atom. The molecule has 0 saturated carbocycles. The molecule has 1 aromatic rings. The lowest BCUT2D eigenvalue weighted by molar-refractivity contribution is -0.120. The van der Waals surface area contributed by atoms with E-state index in [1.165, 1.54) is 0 Å². The van der Waals surface area contributed by atoms with Gasteiger partial charge in [-0.2, -0.15) is 8.42 Å². The maximum atomic E-state index is 11.8. The first-order valence-electron chi connectivity index (χ1n) is 5.22. The molecule has 1 N–H and O–H groups in total. The average Bonchev–Trinajstić information content (AvgIpc) is 2.44. The molecule has 7 heteroatoms. The van der Waals surface area contributed by atoms with Crippen LogP contribution in [0.4, 0.5) is 0 Å². The molecule has 0 aliphatic heterocycles. The number of thiazole rings is 1. The predicted octanol–water partition coefficient (Wildman–Crippen LogP) is 1.61. The van der Waals surface area contributed by atoms with Crippen molar-refractivity contribution in [3.63, 3.8) is 0 Å². The van der Waals surface area contributed by atoms with Crippen molar-refractivity contribution in [3.8, 4) is 0 Å². The van der Waals surface area contributed by atoms with Gasteiger partial charge in [-0.15, -0.1) is 11.3 Å². The fourth-order valence-electron chi connectivity index (χ4n) is 1.16. The first-order valence-corrected chi connectivity index (χ1v) is 7.52. The van der Waals surface area contributed by atoms with Crippen LogP contribution in [0.1, 0.15) is 30.8 Å². The number of aryl methyl sites for hydroxylation is 2. The number of carbonyl (C=O) groups excluding carboxylic acids is 1. The summed E-state index contributed by atoms with van der Waals surface area (Å²) in [4.78, 5) is 16.2. The van der Waals surface area contributed by atoms with Gasteiger partial charge in [-0.1, -0.05) is 13.8 Å². The summed E-state index contributed by atoms with van der Waals surface area (Å²) in [5, 5.41) is 0. The third-order valence-electron chi connectivity index (χ3n) is 2.08. The summed E-state index contributed by atoms with van der Waals surface area (Å²) in [6, 6.07) is 0. The topological polar surface area (TPSA) is 76.1 Å². The van der Waals surface area contributed by atoms with Gasteiger partial charge in [0.15, 0.2) is 0 Å².